The third-order valence-corrected chi connectivity index (χ3v) is 5.68. The predicted molar refractivity (Wildman–Crippen MR) is 124 cm³/mol. The first-order chi connectivity index (χ1) is 16.5. The van der Waals surface area contributed by atoms with Crippen molar-refractivity contribution in [2.24, 2.45) is 0 Å². The predicted octanol–water partition coefficient (Wildman–Crippen LogP) is 4.32. The highest BCUT2D eigenvalue weighted by atomic mass is 19.1. The molecule has 1 atom stereocenters. The molecule has 1 N–H and O–H groups in total. The zero-order valence-electron chi connectivity index (χ0n) is 18.9. The molecule has 176 valence electrons. The highest BCUT2D eigenvalue weighted by Crippen LogP contribution is 2.40. The second kappa shape index (κ2) is 10.3. The van der Waals surface area contributed by atoms with E-state index in [4.69, 9.17) is 4.74 Å². The summed E-state index contributed by atoms with van der Waals surface area (Å²) >= 11 is 0. The highest BCUT2D eigenvalue weighted by Gasteiger charge is 2.45. The standard InChI is InChI=1S/C26H26FN3O4/c1-2-15-34-21-6-3-5-19(16-21)23-22(24(31)18-7-9-20(27)10-8-18)25(32)26(33)30(23)13-4-12-29-14-11-28-17-29/h3,5-11,14,16-17,23,31H,2,4,12-13,15H2,1H3/t23-/m0/s1. The maximum absolute atomic E-state index is 13.4. The number of carbonyl (C=O) groups is 2. The van der Waals surface area contributed by atoms with E-state index >= 15 is 0 Å². The number of aliphatic hydroxyl groups is 1. The Kier molecular flexibility index (Phi) is 7.06. The molecule has 0 aliphatic carbocycles. The monoisotopic (exact) mass is 463 g/mol. The van der Waals surface area contributed by atoms with E-state index in [-0.39, 0.29) is 16.9 Å². The van der Waals surface area contributed by atoms with E-state index in [0.717, 1.165) is 6.42 Å². The molecule has 0 spiro atoms. The van der Waals surface area contributed by atoms with Gasteiger partial charge >= 0.3 is 0 Å². The van der Waals surface area contributed by atoms with E-state index < -0.39 is 23.5 Å². The summed E-state index contributed by atoms with van der Waals surface area (Å²) in [6, 6.07) is 11.6. The molecule has 1 saturated heterocycles. The minimum Gasteiger partial charge on any atom is -0.507 e. The Morgan fingerprint density at radius 3 is 2.65 bits per heavy atom. The second-order valence-electron chi connectivity index (χ2n) is 8.07. The topological polar surface area (TPSA) is 84.7 Å². The number of aromatic nitrogens is 2. The Morgan fingerprint density at radius 2 is 1.94 bits per heavy atom. The van der Waals surface area contributed by atoms with Crippen LogP contribution in [0.4, 0.5) is 4.39 Å². The van der Waals surface area contributed by atoms with Crippen LogP contribution in [0.3, 0.4) is 0 Å². The smallest absolute Gasteiger partial charge is 0.295 e. The summed E-state index contributed by atoms with van der Waals surface area (Å²) in [5.74, 6) is -1.63. The number of Topliss-reactive ketones (excluding diaryl/α,β-unsaturated/α-hetero) is 1. The molecule has 0 bridgehead atoms. The lowest BCUT2D eigenvalue weighted by atomic mass is 9.95. The molecule has 4 rings (SSSR count). The number of hydrogen-bond donors (Lipinski definition) is 1. The van der Waals surface area contributed by atoms with E-state index in [1.807, 2.05) is 23.8 Å². The van der Waals surface area contributed by atoms with Crippen LogP contribution in [0.1, 0.15) is 36.9 Å². The second-order valence-corrected chi connectivity index (χ2v) is 8.07. The fourth-order valence-corrected chi connectivity index (χ4v) is 4.06. The molecule has 0 saturated carbocycles. The van der Waals surface area contributed by atoms with Gasteiger partial charge in [0, 0.05) is 31.0 Å². The van der Waals surface area contributed by atoms with Crippen LogP contribution in [-0.2, 0) is 16.1 Å². The first kappa shape index (κ1) is 23.2. The average molecular weight is 464 g/mol. The fourth-order valence-electron chi connectivity index (χ4n) is 4.06. The number of hydrogen-bond acceptors (Lipinski definition) is 5. The number of halogens is 1. The van der Waals surface area contributed by atoms with E-state index in [2.05, 4.69) is 4.98 Å². The van der Waals surface area contributed by atoms with Crippen LogP contribution in [0.25, 0.3) is 5.76 Å². The van der Waals surface area contributed by atoms with Crippen molar-refractivity contribution in [3.63, 3.8) is 0 Å². The molecular weight excluding hydrogens is 437 g/mol. The van der Waals surface area contributed by atoms with Crippen LogP contribution in [-0.4, -0.2) is 44.4 Å². The molecule has 0 radical (unpaired) electrons. The summed E-state index contributed by atoms with van der Waals surface area (Å²) in [5, 5.41) is 11.0. The van der Waals surface area contributed by atoms with Gasteiger partial charge in [0.1, 0.15) is 17.3 Å². The number of amides is 1. The summed E-state index contributed by atoms with van der Waals surface area (Å²) in [6.45, 7) is 3.45. The van der Waals surface area contributed by atoms with Crippen LogP contribution >= 0.6 is 0 Å². The lowest BCUT2D eigenvalue weighted by Crippen LogP contribution is -2.31. The normalized spacial score (nSPS) is 17.4. The third kappa shape index (κ3) is 4.85. The summed E-state index contributed by atoms with van der Waals surface area (Å²) in [6.07, 6.45) is 6.62. The molecule has 0 unspecified atom stereocenters. The van der Waals surface area contributed by atoms with Gasteiger partial charge in [0.2, 0.25) is 0 Å². The lowest BCUT2D eigenvalue weighted by Gasteiger charge is -2.25. The van der Waals surface area contributed by atoms with Crippen molar-refractivity contribution in [3.8, 4) is 5.75 Å². The van der Waals surface area contributed by atoms with Gasteiger partial charge in [-0.25, -0.2) is 9.37 Å². The molecule has 8 heteroatoms. The van der Waals surface area contributed by atoms with Gasteiger partial charge in [-0.3, -0.25) is 9.59 Å². The van der Waals surface area contributed by atoms with Crippen LogP contribution in [0.2, 0.25) is 0 Å². The number of aryl methyl sites for hydroxylation is 1. The van der Waals surface area contributed by atoms with Crippen molar-refractivity contribution >= 4 is 17.4 Å². The summed E-state index contributed by atoms with van der Waals surface area (Å²) < 4.78 is 21.1. The Labute approximate surface area is 197 Å². The van der Waals surface area contributed by atoms with Crippen molar-refractivity contribution < 1.29 is 23.8 Å². The van der Waals surface area contributed by atoms with E-state index in [0.29, 0.717) is 37.4 Å². The molecule has 1 fully saturated rings. The van der Waals surface area contributed by atoms with E-state index in [1.54, 1.807) is 30.7 Å². The van der Waals surface area contributed by atoms with E-state index in [1.165, 1.54) is 29.2 Å². The molecule has 2 heterocycles. The summed E-state index contributed by atoms with van der Waals surface area (Å²) in [5.41, 5.74) is 0.896. The number of carbonyl (C=O) groups excluding carboxylic acids is 2. The molecule has 1 aromatic heterocycles. The van der Waals surface area contributed by atoms with Crippen LogP contribution in [0.5, 0.6) is 5.75 Å². The first-order valence-electron chi connectivity index (χ1n) is 11.2. The Hall–Kier alpha value is -3.94. The van der Waals surface area contributed by atoms with Crippen LogP contribution in [0, 0.1) is 5.82 Å². The summed E-state index contributed by atoms with van der Waals surface area (Å²) in [4.78, 5) is 31.7. The Bertz CT molecular complexity index is 1190. The van der Waals surface area contributed by atoms with Crippen molar-refractivity contribution in [2.75, 3.05) is 13.2 Å². The maximum atomic E-state index is 13.4. The SMILES string of the molecule is CCCOc1cccc([C@H]2C(=C(O)c3ccc(F)cc3)C(=O)C(=O)N2CCCn2ccnc2)c1. The number of ketones is 1. The largest absolute Gasteiger partial charge is 0.507 e. The zero-order valence-corrected chi connectivity index (χ0v) is 18.9. The molecule has 3 aromatic rings. The first-order valence-corrected chi connectivity index (χ1v) is 11.2. The molecule has 1 amide bonds. The lowest BCUT2D eigenvalue weighted by molar-refractivity contribution is -0.139. The van der Waals surface area contributed by atoms with Gasteiger partial charge in [-0.05, 0) is 54.8 Å². The van der Waals surface area contributed by atoms with Gasteiger partial charge in [0.25, 0.3) is 11.7 Å². The van der Waals surface area contributed by atoms with Crippen molar-refractivity contribution in [1.82, 2.24) is 14.5 Å². The van der Waals surface area contributed by atoms with Gasteiger partial charge in [-0.1, -0.05) is 19.1 Å². The van der Waals surface area contributed by atoms with Crippen molar-refractivity contribution in [1.29, 1.82) is 0 Å². The average Bonchev–Trinajstić information content (AvgIpc) is 3.45. The minimum absolute atomic E-state index is 0.0214. The summed E-state index contributed by atoms with van der Waals surface area (Å²) in [7, 11) is 0. The molecule has 1 aliphatic rings. The van der Waals surface area contributed by atoms with Gasteiger partial charge in [-0.15, -0.1) is 0 Å². The number of aliphatic hydroxyl groups excluding tert-OH is 1. The zero-order chi connectivity index (χ0) is 24.1. The van der Waals surface area contributed by atoms with Crippen LogP contribution < -0.4 is 4.74 Å². The third-order valence-electron chi connectivity index (χ3n) is 5.68. The number of ether oxygens (including phenoxy) is 1. The number of imidazole rings is 1. The molecule has 34 heavy (non-hydrogen) atoms. The van der Waals surface area contributed by atoms with Crippen LogP contribution in [0.15, 0.2) is 72.8 Å². The van der Waals surface area contributed by atoms with Crippen molar-refractivity contribution in [2.45, 2.75) is 32.4 Å². The number of likely N-dealkylation sites (tertiary alicyclic amines) is 1. The Morgan fingerprint density at radius 1 is 1.15 bits per heavy atom. The molecular formula is C26H26FN3O4. The number of benzene rings is 2. The number of nitrogens with zero attached hydrogens (tertiary/aromatic N) is 3. The molecule has 2 aromatic carbocycles. The van der Waals surface area contributed by atoms with Gasteiger partial charge < -0.3 is 19.3 Å². The molecule has 7 nitrogen and oxygen atoms in total. The van der Waals surface area contributed by atoms with Crippen molar-refractivity contribution in [3.05, 3.63) is 89.8 Å². The van der Waals surface area contributed by atoms with Gasteiger partial charge in [0.15, 0.2) is 0 Å². The Balaban J connectivity index is 1.73. The van der Waals surface area contributed by atoms with Gasteiger partial charge in [0.05, 0.1) is 24.5 Å². The fraction of sp³-hybridized carbons (Fsp3) is 0.269. The van der Waals surface area contributed by atoms with E-state index in [9.17, 15) is 19.1 Å². The minimum atomic E-state index is -0.794. The van der Waals surface area contributed by atoms with Gasteiger partial charge in [-0.2, -0.15) is 0 Å². The maximum Gasteiger partial charge on any atom is 0.295 e. The number of rotatable bonds is 9. The highest BCUT2D eigenvalue weighted by molar-refractivity contribution is 6.46. The molecule has 1 aliphatic heterocycles. The quantitative estimate of drug-likeness (QED) is 0.290.